The van der Waals surface area contributed by atoms with E-state index < -0.39 is 0 Å². The molecule has 1 atom stereocenters. The summed E-state index contributed by atoms with van der Waals surface area (Å²) in [7, 11) is 3.46. The van der Waals surface area contributed by atoms with Gasteiger partial charge in [0.1, 0.15) is 5.75 Å². The molecule has 1 unspecified atom stereocenters. The van der Waals surface area contributed by atoms with Crippen LogP contribution >= 0.6 is 11.8 Å². The van der Waals surface area contributed by atoms with Crippen LogP contribution in [0.15, 0.2) is 23.4 Å². The maximum absolute atomic E-state index is 6.23. The molecule has 1 aromatic carbocycles. The largest absolute Gasteiger partial charge is 0.496 e. The second kappa shape index (κ2) is 6.03. The van der Waals surface area contributed by atoms with Crippen LogP contribution in [0.25, 0.3) is 0 Å². The molecule has 1 heterocycles. The number of benzene rings is 1. The third kappa shape index (κ3) is 3.24. The molecule has 2 rings (SSSR count). The summed E-state index contributed by atoms with van der Waals surface area (Å²) in [6.45, 7) is 2.04. The minimum Gasteiger partial charge on any atom is -0.496 e. The molecule has 0 fully saturated rings. The number of ether oxygens (including phenoxy) is 1. The van der Waals surface area contributed by atoms with E-state index in [4.69, 9.17) is 10.5 Å². The van der Waals surface area contributed by atoms with Gasteiger partial charge in [-0.2, -0.15) is 0 Å². The maximum Gasteiger partial charge on any atom is 0.209 e. The van der Waals surface area contributed by atoms with Crippen molar-refractivity contribution in [2.75, 3.05) is 12.9 Å². The highest BCUT2D eigenvalue weighted by Gasteiger charge is 2.14. The molecule has 0 saturated carbocycles. The number of aryl methyl sites for hydroxylation is 2. The van der Waals surface area contributed by atoms with Gasteiger partial charge in [-0.15, -0.1) is 5.10 Å². The van der Waals surface area contributed by atoms with Crippen molar-refractivity contribution in [1.82, 2.24) is 20.2 Å². The second-order valence-electron chi connectivity index (χ2n) is 4.25. The van der Waals surface area contributed by atoms with E-state index in [2.05, 4.69) is 21.6 Å². The molecule has 2 N–H and O–H groups in total. The van der Waals surface area contributed by atoms with E-state index in [0.717, 1.165) is 22.0 Å². The number of aromatic nitrogens is 4. The van der Waals surface area contributed by atoms with Gasteiger partial charge in [0.25, 0.3) is 0 Å². The lowest BCUT2D eigenvalue weighted by molar-refractivity contribution is 0.407. The third-order valence-corrected chi connectivity index (χ3v) is 3.89. The second-order valence-corrected chi connectivity index (χ2v) is 5.24. The highest BCUT2D eigenvalue weighted by atomic mass is 32.2. The minimum absolute atomic E-state index is 0.128. The van der Waals surface area contributed by atoms with E-state index in [1.165, 1.54) is 11.8 Å². The normalized spacial score (nSPS) is 12.4. The van der Waals surface area contributed by atoms with Gasteiger partial charge in [-0.3, -0.25) is 0 Å². The van der Waals surface area contributed by atoms with Crippen molar-refractivity contribution in [3.63, 3.8) is 0 Å². The molecule has 0 amide bonds. The fraction of sp³-hybridized carbons (Fsp3) is 0.417. The van der Waals surface area contributed by atoms with E-state index in [-0.39, 0.29) is 6.04 Å². The first-order chi connectivity index (χ1) is 9.11. The first-order valence-corrected chi connectivity index (χ1v) is 6.85. The molecule has 0 aliphatic carbocycles. The fourth-order valence-electron chi connectivity index (χ4n) is 1.74. The summed E-state index contributed by atoms with van der Waals surface area (Å²) in [6, 6.07) is 5.88. The monoisotopic (exact) mass is 279 g/mol. The molecular weight excluding hydrogens is 262 g/mol. The van der Waals surface area contributed by atoms with Gasteiger partial charge >= 0.3 is 0 Å². The van der Waals surface area contributed by atoms with Crippen LogP contribution in [-0.4, -0.2) is 33.1 Å². The number of methoxy groups -OCH3 is 1. The minimum atomic E-state index is -0.128. The molecule has 0 spiro atoms. The summed E-state index contributed by atoms with van der Waals surface area (Å²) in [5, 5.41) is 12.1. The zero-order chi connectivity index (χ0) is 13.8. The average molecular weight is 279 g/mol. The molecule has 6 nitrogen and oxygen atoms in total. The number of hydrogen-bond acceptors (Lipinski definition) is 6. The van der Waals surface area contributed by atoms with Crippen LogP contribution < -0.4 is 10.5 Å². The van der Waals surface area contributed by atoms with E-state index >= 15 is 0 Å². The third-order valence-electron chi connectivity index (χ3n) is 2.76. The summed E-state index contributed by atoms with van der Waals surface area (Å²) in [6.07, 6.45) is 0. The fourth-order valence-corrected chi connectivity index (χ4v) is 2.57. The standard InChI is InChI=1S/C12H17N5OS/c1-8-4-5-11(18-3)9(6-8)10(13)7-19-12-14-15-16-17(12)2/h4-6,10H,7,13H2,1-3H3. The predicted molar refractivity (Wildman–Crippen MR) is 74.2 cm³/mol. The van der Waals surface area contributed by atoms with Gasteiger partial charge in [0.15, 0.2) is 0 Å². The van der Waals surface area contributed by atoms with Gasteiger partial charge in [-0.25, -0.2) is 4.68 Å². The van der Waals surface area contributed by atoms with Crippen molar-refractivity contribution in [3.05, 3.63) is 29.3 Å². The van der Waals surface area contributed by atoms with E-state index in [9.17, 15) is 0 Å². The van der Waals surface area contributed by atoms with Crippen molar-refractivity contribution in [2.45, 2.75) is 18.1 Å². The number of tetrazole rings is 1. The molecule has 2 aromatic rings. The Bertz CT molecular complexity index is 557. The van der Waals surface area contributed by atoms with Gasteiger partial charge in [-0.1, -0.05) is 29.5 Å². The van der Waals surface area contributed by atoms with Crippen molar-refractivity contribution in [3.8, 4) is 5.75 Å². The summed E-state index contributed by atoms with van der Waals surface area (Å²) in [5.41, 5.74) is 8.40. The van der Waals surface area contributed by atoms with Crippen molar-refractivity contribution < 1.29 is 4.74 Å². The number of nitrogens with zero attached hydrogens (tertiary/aromatic N) is 4. The molecule has 0 bridgehead atoms. The first-order valence-electron chi connectivity index (χ1n) is 5.87. The smallest absolute Gasteiger partial charge is 0.209 e. The Balaban J connectivity index is 2.09. The Labute approximate surface area is 116 Å². The number of nitrogens with two attached hydrogens (primary N) is 1. The van der Waals surface area contributed by atoms with E-state index in [0.29, 0.717) is 5.75 Å². The summed E-state index contributed by atoms with van der Waals surface area (Å²) < 4.78 is 6.98. The summed E-state index contributed by atoms with van der Waals surface area (Å²) in [5.74, 6) is 1.50. The average Bonchev–Trinajstić information content (AvgIpc) is 2.81. The SMILES string of the molecule is COc1ccc(C)cc1C(N)CSc1nnnn1C. The summed E-state index contributed by atoms with van der Waals surface area (Å²) in [4.78, 5) is 0. The lowest BCUT2D eigenvalue weighted by Gasteiger charge is -2.15. The van der Waals surface area contributed by atoms with Crippen LogP contribution in [0, 0.1) is 6.92 Å². The van der Waals surface area contributed by atoms with Gasteiger partial charge in [-0.05, 0) is 23.4 Å². The molecule has 102 valence electrons. The van der Waals surface area contributed by atoms with Crippen LogP contribution in [-0.2, 0) is 7.05 Å². The quantitative estimate of drug-likeness (QED) is 0.832. The van der Waals surface area contributed by atoms with Crippen LogP contribution in [0.2, 0.25) is 0 Å². The lowest BCUT2D eigenvalue weighted by atomic mass is 10.1. The van der Waals surface area contributed by atoms with Gasteiger partial charge in [0.2, 0.25) is 5.16 Å². The van der Waals surface area contributed by atoms with Gasteiger partial charge < -0.3 is 10.5 Å². The highest BCUT2D eigenvalue weighted by molar-refractivity contribution is 7.99. The Morgan fingerprint density at radius 1 is 1.47 bits per heavy atom. The summed E-state index contributed by atoms with van der Waals surface area (Å²) >= 11 is 1.53. The van der Waals surface area contributed by atoms with Crippen molar-refractivity contribution >= 4 is 11.8 Å². The lowest BCUT2D eigenvalue weighted by Crippen LogP contribution is -2.15. The van der Waals surface area contributed by atoms with Crippen molar-refractivity contribution in [2.24, 2.45) is 12.8 Å². The molecule has 0 aliphatic heterocycles. The topological polar surface area (TPSA) is 78.8 Å². The maximum atomic E-state index is 6.23. The highest BCUT2D eigenvalue weighted by Crippen LogP contribution is 2.28. The Kier molecular flexibility index (Phi) is 4.39. The Morgan fingerprint density at radius 2 is 2.26 bits per heavy atom. The number of thioether (sulfide) groups is 1. The van der Waals surface area contributed by atoms with E-state index in [1.807, 2.05) is 19.1 Å². The molecule has 1 aromatic heterocycles. The number of hydrogen-bond donors (Lipinski definition) is 1. The van der Waals surface area contributed by atoms with Crippen molar-refractivity contribution in [1.29, 1.82) is 0 Å². The molecule has 7 heteroatoms. The number of rotatable bonds is 5. The zero-order valence-corrected chi connectivity index (χ0v) is 12.0. The van der Waals surface area contributed by atoms with Crippen LogP contribution in [0.1, 0.15) is 17.2 Å². The molecule has 0 saturated heterocycles. The zero-order valence-electron chi connectivity index (χ0n) is 11.2. The molecule has 19 heavy (non-hydrogen) atoms. The van der Waals surface area contributed by atoms with Crippen LogP contribution in [0.3, 0.4) is 0 Å². The molecule has 0 aliphatic rings. The van der Waals surface area contributed by atoms with Gasteiger partial charge in [0.05, 0.1) is 7.11 Å². The predicted octanol–water partition coefficient (Wildman–Crippen LogP) is 1.32. The van der Waals surface area contributed by atoms with E-state index in [1.54, 1.807) is 18.8 Å². The Hall–Kier alpha value is -1.60. The molecular formula is C12H17N5OS. The first kappa shape index (κ1) is 13.8. The Morgan fingerprint density at radius 3 is 2.89 bits per heavy atom. The van der Waals surface area contributed by atoms with Crippen LogP contribution in [0.4, 0.5) is 0 Å². The molecule has 0 radical (unpaired) electrons. The van der Waals surface area contributed by atoms with Crippen LogP contribution in [0.5, 0.6) is 5.75 Å². The van der Waals surface area contributed by atoms with Gasteiger partial charge in [0, 0.05) is 24.4 Å².